The summed E-state index contributed by atoms with van der Waals surface area (Å²) in [5, 5.41) is 10.9. The molecule has 0 aliphatic carbocycles. The van der Waals surface area contributed by atoms with Crippen LogP contribution in [-0.4, -0.2) is 58.6 Å². The first-order chi connectivity index (χ1) is 15.0. The fraction of sp³-hybridized carbons (Fsp3) is 0.364. The molecule has 1 fully saturated rings. The summed E-state index contributed by atoms with van der Waals surface area (Å²) in [5.41, 5.74) is 3.17. The number of rotatable bonds is 7. The van der Waals surface area contributed by atoms with Gasteiger partial charge in [-0.1, -0.05) is 0 Å². The molecule has 0 bridgehead atoms. The second-order valence-corrected chi connectivity index (χ2v) is 7.74. The second kappa shape index (κ2) is 9.40. The van der Waals surface area contributed by atoms with Crippen LogP contribution >= 0.6 is 0 Å². The highest BCUT2D eigenvalue weighted by atomic mass is 19.1. The zero-order chi connectivity index (χ0) is 21.8. The average Bonchev–Trinajstić information content (AvgIpc) is 3.17. The van der Waals surface area contributed by atoms with Crippen LogP contribution in [0.5, 0.6) is 0 Å². The molecule has 164 valence electrons. The average molecular weight is 428 g/mol. The minimum atomic E-state index is -0.666. The summed E-state index contributed by atoms with van der Waals surface area (Å²) in [5.74, 6) is -0.995. The maximum Gasteiger partial charge on any atom is 0.246 e. The van der Waals surface area contributed by atoms with Gasteiger partial charge < -0.3 is 15.4 Å². The summed E-state index contributed by atoms with van der Waals surface area (Å²) < 4.78 is 33.7. The number of halogens is 2. The molecule has 2 heterocycles. The Balaban J connectivity index is 1.40. The van der Waals surface area contributed by atoms with E-state index in [-0.39, 0.29) is 5.69 Å². The van der Waals surface area contributed by atoms with Crippen molar-refractivity contribution < 1.29 is 13.5 Å². The van der Waals surface area contributed by atoms with E-state index in [2.05, 4.69) is 38.6 Å². The monoisotopic (exact) mass is 428 g/mol. The lowest BCUT2D eigenvalue weighted by molar-refractivity contribution is 0.00181. The maximum atomic E-state index is 13.5. The van der Waals surface area contributed by atoms with E-state index >= 15 is 0 Å². The Morgan fingerprint density at radius 2 is 1.87 bits per heavy atom. The van der Waals surface area contributed by atoms with Gasteiger partial charge in [0.15, 0.2) is 0 Å². The van der Waals surface area contributed by atoms with Gasteiger partial charge in [0.1, 0.15) is 18.0 Å². The largest absolute Gasteiger partial charge is 0.384 e. The number of nitrogens with zero attached hydrogens (tertiary/aromatic N) is 4. The van der Waals surface area contributed by atoms with Crippen molar-refractivity contribution in [3.8, 4) is 5.69 Å². The zero-order valence-corrected chi connectivity index (χ0v) is 17.6. The Hall–Kier alpha value is -3.04. The Morgan fingerprint density at radius 1 is 1.10 bits per heavy atom. The van der Waals surface area contributed by atoms with Crippen LogP contribution in [0.15, 0.2) is 42.7 Å². The molecule has 1 aromatic heterocycles. The molecular weight excluding hydrogens is 402 g/mol. The number of aromatic nitrogens is 3. The molecule has 0 radical (unpaired) electrons. The van der Waals surface area contributed by atoms with Gasteiger partial charge in [0.05, 0.1) is 18.9 Å². The highest BCUT2D eigenvalue weighted by Gasteiger charge is 2.17. The second-order valence-electron chi connectivity index (χ2n) is 7.74. The maximum absolute atomic E-state index is 13.5. The molecule has 1 aliphatic rings. The molecule has 4 rings (SSSR count). The first kappa shape index (κ1) is 21.2. The lowest BCUT2D eigenvalue weighted by Gasteiger charge is -2.33. The van der Waals surface area contributed by atoms with Crippen molar-refractivity contribution in [2.75, 3.05) is 43.5 Å². The first-order valence-electron chi connectivity index (χ1n) is 10.3. The number of morpholine rings is 1. The van der Waals surface area contributed by atoms with Crippen LogP contribution in [0.25, 0.3) is 5.69 Å². The predicted molar refractivity (Wildman–Crippen MR) is 116 cm³/mol. The molecule has 1 unspecified atom stereocenters. The molecule has 0 spiro atoms. The van der Waals surface area contributed by atoms with Gasteiger partial charge in [-0.05, 0) is 49.7 Å². The summed E-state index contributed by atoms with van der Waals surface area (Å²) >= 11 is 0. The highest BCUT2D eigenvalue weighted by Crippen LogP contribution is 2.22. The lowest BCUT2D eigenvalue weighted by Crippen LogP contribution is -2.45. The van der Waals surface area contributed by atoms with Crippen LogP contribution in [0.3, 0.4) is 0 Å². The standard InChI is InChI=1S/C22H26F2N6O/c1-15-7-19(25-3-4-29-5-6-31-13-16(29)2)12-20(8-15)27-22-26-14-30(28-22)21-10-17(23)9-18(24)11-21/h7-12,14,16,25H,3-6,13H2,1-2H3,(H,27,28). The van der Waals surface area contributed by atoms with Gasteiger partial charge in [0, 0.05) is 43.1 Å². The summed E-state index contributed by atoms with van der Waals surface area (Å²) in [7, 11) is 0. The number of nitrogens with one attached hydrogen (secondary N) is 2. The predicted octanol–water partition coefficient (Wildman–Crippen LogP) is 3.73. The van der Waals surface area contributed by atoms with Crippen LogP contribution in [0.1, 0.15) is 12.5 Å². The van der Waals surface area contributed by atoms with Crippen LogP contribution in [0, 0.1) is 18.6 Å². The topological polar surface area (TPSA) is 67.2 Å². The molecule has 7 nitrogen and oxygen atoms in total. The molecule has 0 saturated carbocycles. The quantitative estimate of drug-likeness (QED) is 0.598. The SMILES string of the molecule is Cc1cc(NCCN2CCOCC2C)cc(Nc2ncn(-c3cc(F)cc(F)c3)n2)c1. The van der Waals surface area contributed by atoms with E-state index in [1.54, 1.807) is 0 Å². The van der Waals surface area contributed by atoms with E-state index < -0.39 is 11.6 Å². The van der Waals surface area contributed by atoms with E-state index in [0.717, 1.165) is 55.9 Å². The van der Waals surface area contributed by atoms with Gasteiger partial charge in [-0.15, -0.1) is 5.10 Å². The van der Waals surface area contributed by atoms with Gasteiger partial charge in [-0.2, -0.15) is 4.98 Å². The molecule has 31 heavy (non-hydrogen) atoms. The van der Waals surface area contributed by atoms with Crippen molar-refractivity contribution >= 4 is 17.3 Å². The van der Waals surface area contributed by atoms with Crippen LogP contribution < -0.4 is 10.6 Å². The third-order valence-electron chi connectivity index (χ3n) is 5.17. The zero-order valence-electron chi connectivity index (χ0n) is 17.6. The van der Waals surface area contributed by atoms with Crippen LogP contribution in [0.2, 0.25) is 0 Å². The normalized spacial score (nSPS) is 17.0. The molecule has 0 amide bonds. The number of aryl methyl sites for hydroxylation is 1. The summed E-state index contributed by atoms with van der Waals surface area (Å²) in [6.45, 7) is 8.47. The van der Waals surface area contributed by atoms with Crippen molar-refractivity contribution in [1.29, 1.82) is 0 Å². The van der Waals surface area contributed by atoms with Gasteiger partial charge in [0.2, 0.25) is 5.95 Å². The third kappa shape index (κ3) is 5.56. The summed E-state index contributed by atoms with van der Waals surface area (Å²) in [4.78, 5) is 6.61. The van der Waals surface area contributed by atoms with Gasteiger partial charge >= 0.3 is 0 Å². The summed E-state index contributed by atoms with van der Waals surface area (Å²) in [6, 6.07) is 9.70. The number of hydrogen-bond acceptors (Lipinski definition) is 6. The Labute approximate surface area is 180 Å². The number of ether oxygens (including phenoxy) is 1. The van der Waals surface area contributed by atoms with Crippen molar-refractivity contribution in [1.82, 2.24) is 19.7 Å². The number of hydrogen-bond donors (Lipinski definition) is 2. The van der Waals surface area contributed by atoms with Crippen molar-refractivity contribution in [3.63, 3.8) is 0 Å². The van der Waals surface area contributed by atoms with E-state index in [9.17, 15) is 8.78 Å². The molecule has 1 aliphatic heterocycles. The molecule has 1 atom stereocenters. The minimum absolute atomic E-state index is 0.266. The van der Waals surface area contributed by atoms with Crippen LogP contribution in [-0.2, 0) is 4.74 Å². The Morgan fingerprint density at radius 3 is 2.65 bits per heavy atom. The number of anilines is 3. The Kier molecular flexibility index (Phi) is 6.43. The molecule has 1 saturated heterocycles. The van der Waals surface area contributed by atoms with E-state index in [0.29, 0.717) is 12.0 Å². The van der Waals surface area contributed by atoms with Crippen molar-refractivity contribution in [3.05, 3.63) is 59.9 Å². The Bertz CT molecular complexity index is 1020. The van der Waals surface area contributed by atoms with E-state index in [1.807, 2.05) is 19.1 Å². The lowest BCUT2D eigenvalue weighted by atomic mass is 10.2. The summed E-state index contributed by atoms with van der Waals surface area (Å²) in [6.07, 6.45) is 1.41. The fourth-order valence-electron chi connectivity index (χ4n) is 3.64. The van der Waals surface area contributed by atoms with Gasteiger partial charge in [-0.3, -0.25) is 4.90 Å². The highest BCUT2D eigenvalue weighted by molar-refractivity contribution is 5.63. The third-order valence-corrected chi connectivity index (χ3v) is 5.17. The molecular formula is C22H26F2N6O. The smallest absolute Gasteiger partial charge is 0.246 e. The van der Waals surface area contributed by atoms with Crippen molar-refractivity contribution in [2.24, 2.45) is 0 Å². The van der Waals surface area contributed by atoms with Gasteiger partial charge in [-0.25, -0.2) is 13.5 Å². The van der Waals surface area contributed by atoms with Gasteiger partial charge in [0.25, 0.3) is 0 Å². The molecule has 9 heteroatoms. The van der Waals surface area contributed by atoms with E-state index in [1.165, 1.54) is 23.1 Å². The molecule has 2 aromatic carbocycles. The minimum Gasteiger partial charge on any atom is -0.384 e. The fourth-order valence-corrected chi connectivity index (χ4v) is 3.64. The van der Waals surface area contributed by atoms with Crippen molar-refractivity contribution in [2.45, 2.75) is 19.9 Å². The molecule has 3 aromatic rings. The van der Waals surface area contributed by atoms with E-state index in [4.69, 9.17) is 4.74 Å². The molecule has 2 N–H and O–H groups in total. The number of benzene rings is 2. The van der Waals surface area contributed by atoms with Crippen LogP contribution in [0.4, 0.5) is 26.1 Å². The first-order valence-corrected chi connectivity index (χ1v) is 10.3.